The molecule has 0 aliphatic carbocycles. The molecule has 24 heavy (non-hydrogen) atoms. The summed E-state index contributed by atoms with van der Waals surface area (Å²) in [5.74, 6) is -0.610. The normalized spacial score (nSPS) is 10.1. The lowest BCUT2D eigenvalue weighted by atomic mass is 10.1. The molecule has 2 amide bonds. The first-order chi connectivity index (χ1) is 11.5. The maximum Gasteiger partial charge on any atom is 0.254 e. The number of anilines is 2. The maximum atomic E-state index is 11.8. The first-order valence-electron chi connectivity index (χ1n) is 6.97. The minimum atomic E-state index is -0.664. The van der Waals surface area contributed by atoms with E-state index in [0.717, 1.165) is 0 Å². The van der Waals surface area contributed by atoms with Crippen molar-refractivity contribution in [2.45, 2.75) is 5.16 Å². The van der Waals surface area contributed by atoms with Gasteiger partial charge in [-0.05, 0) is 30.5 Å². The highest BCUT2D eigenvalue weighted by Crippen LogP contribution is 2.25. The Labute approximate surface area is 143 Å². The zero-order valence-electron chi connectivity index (χ0n) is 13.3. The summed E-state index contributed by atoms with van der Waals surface area (Å²) in [4.78, 5) is 32.1. The van der Waals surface area contributed by atoms with Gasteiger partial charge in [-0.15, -0.1) is 0 Å². The second-order valence-corrected chi connectivity index (χ2v) is 5.45. The van der Waals surface area contributed by atoms with Crippen molar-refractivity contribution < 1.29 is 9.59 Å². The highest BCUT2D eigenvalue weighted by atomic mass is 32.2. The van der Waals surface area contributed by atoms with Crippen LogP contribution in [-0.4, -0.2) is 35.1 Å². The molecule has 0 radical (unpaired) electrons. The minimum Gasteiger partial charge on any atom is -0.365 e. The first kappa shape index (κ1) is 17.5. The number of hydrogen-bond acceptors (Lipinski definition) is 6. The summed E-state index contributed by atoms with van der Waals surface area (Å²) in [6.07, 6.45) is 3.27. The van der Waals surface area contributed by atoms with E-state index in [-0.39, 0.29) is 17.3 Å². The van der Waals surface area contributed by atoms with Crippen LogP contribution in [0, 0.1) is 0 Å². The molecule has 0 aliphatic rings. The average molecular weight is 343 g/mol. The van der Waals surface area contributed by atoms with Crippen LogP contribution in [0.25, 0.3) is 6.08 Å². The summed E-state index contributed by atoms with van der Waals surface area (Å²) in [6.45, 7) is 3.66. The van der Waals surface area contributed by atoms with Crippen LogP contribution in [0.15, 0.2) is 36.0 Å². The zero-order chi connectivity index (χ0) is 17.7. The van der Waals surface area contributed by atoms with Gasteiger partial charge in [0.2, 0.25) is 0 Å². The molecule has 124 valence electrons. The Morgan fingerprint density at radius 2 is 2.08 bits per heavy atom. The molecule has 1 aromatic heterocycles. The molecule has 2 aromatic rings. The van der Waals surface area contributed by atoms with Crippen molar-refractivity contribution >= 4 is 41.2 Å². The van der Waals surface area contributed by atoms with Crippen molar-refractivity contribution in [2.24, 2.45) is 5.73 Å². The Balaban J connectivity index is 2.50. The van der Waals surface area contributed by atoms with Crippen molar-refractivity contribution in [3.05, 3.63) is 47.7 Å². The minimum absolute atomic E-state index is 0.146. The van der Waals surface area contributed by atoms with Crippen molar-refractivity contribution in [1.82, 2.24) is 15.3 Å². The third kappa shape index (κ3) is 3.72. The molecule has 0 saturated carbocycles. The summed E-state index contributed by atoms with van der Waals surface area (Å²) < 4.78 is 0. The largest absolute Gasteiger partial charge is 0.365 e. The summed E-state index contributed by atoms with van der Waals surface area (Å²) in [5.41, 5.74) is 7.03. The third-order valence-corrected chi connectivity index (χ3v) is 3.70. The number of nitrogens with two attached hydrogens (primary N) is 1. The molecule has 0 unspecified atom stereocenters. The maximum absolute atomic E-state index is 11.8. The molecule has 8 heteroatoms. The molecule has 2 rings (SSSR count). The monoisotopic (exact) mass is 343 g/mol. The van der Waals surface area contributed by atoms with Gasteiger partial charge in [0.1, 0.15) is 11.4 Å². The van der Waals surface area contributed by atoms with Gasteiger partial charge in [-0.2, -0.15) is 0 Å². The van der Waals surface area contributed by atoms with Crippen molar-refractivity contribution in [3.63, 3.8) is 0 Å². The molecule has 1 aromatic carbocycles. The van der Waals surface area contributed by atoms with Gasteiger partial charge < -0.3 is 16.4 Å². The number of nitrogens with zero attached hydrogens (tertiary/aromatic N) is 2. The summed E-state index contributed by atoms with van der Waals surface area (Å²) in [7, 11) is 1.55. The van der Waals surface area contributed by atoms with Crippen molar-refractivity contribution in [1.29, 1.82) is 0 Å². The number of primary amides is 1. The number of rotatable bonds is 6. The van der Waals surface area contributed by atoms with E-state index >= 15 is 0 Å². The topological polar surface area (TPSA) is 110 Å². The van der Waals surface area contributed by atoms with E-state index in [2.05, 4.69) is 27.2 Å². The highest BCUT2D eigenvalue weighted by molar-refractivity contribution is 7.98. The van der Waals surface area contributed by atoms with Crippen LogP contribution in [0.3, 0.4) is 0 Å². The first-order valence-corrected chi connectivity index (χ1v) is 8.20. The van der Waals surface area contributed by atoms with Crippen molar-refractivity contribution in [2.75, 3.05) is 18.6 Å². The predicted molar refractivity (Wildman–Crippen MR) is 95.5 cm³/mol. The molecule has 0 fully saturated rings. The average Bonchev–Trinajstić information content (AvgIpc) is 2.60. The van der Waals surface area contributed by atoms with Crippen LogP contribution in [0.5, 0.6) is 0 Å². The fourth-order valence-electron chi connectivity index (χ4n) is 2.05. The molecular weight excluding hydrogens is 326 g/mol. The Hall–Kier alpha value is -2.87. The van der Waals surface area contributed by atoms with E-state index in [4.69, 9.17) is 5.73 Å². The summed E-state index contributed by atoms with van der Waals surface area (Å²) in [6, 6.07) is 6.81. The number of carbonyl (C=O) groups excluding carboxylic acids is 2. The Kier molecular flexibility index (Phi) is 5.54. The molecule has 0 bridgehead atoms. The van der Waals surface area contributed by atoms with Gasteiger partial charge >= 0.3 is 0 Å². The number of thioether (sulfide) groups is 1. The van der Waals surface area contributed by atoms with Crippen LogP contribution in [0.1, 0.15) is 26.4 Å². The fraction of sp³-hybridized carbons (Fsp3) is 0.125. The van der Waals surface area contributed by atoms with E-state index in [1.165, 1.54) is 17.8 Å². The smallest absolute Gasteiger partial charge is 0.254 e. The van der Waals surface area contributed by atoms with Gasteiger partial charge in [0.25, 0.3) is 11.8 Å². The predicted octanol–water partition coefficient (Wildman–Crippen LogP) is 2.04. The molecule has 0 atom stereocenters. The lowest BCUT2D eigenvalue weighted by Gasteiger charge is -2.13. The number of amides is 2. The van der Waals surface area contributed by atoms with Crippen molar-refractivity contribution in [3.8, 4) is 0 Å². The van der Waals surface area contributed by atoms with Gasteiger partial charge in [0, 0.05) is 18.3 Å². The number of carbonyl (C=O) groups is 2. The molecule has 4 N–H and O–H groups in total. The quantitative estimate of drug-likeness (QED) is 0.547. The highest BCUT2D eigenvalue weighted by Gasteiger charge is 2.18. The van der Waals surface area contributed by atoms with Gasteiger partial charge in [0.05, 0.1) is 5.69 Å². The third-order valence-electron chi connectivity index (χ3n) is 3.15. The number of benzene rings is 1. The number of aromatic nitrogens is 2. The van der Waals surface area contributed by atoms with Crippen LogP contribution >= 0.6 is 11.8 Å². The molecular formula is C16H17N5O2S. The standard InChI is InChI=1S/C16H17N5O2S/c1-4-11-12(13(17)22)14(21-16(20-11)24-3)19-10-7-5-6-9(8-10)15(23)18-2/h4-8H,1H2,2-3H3,(H2,17,22)(H,18,23)(H,19,20,21). The van der Waals surface area contributed by atoms with E-state index in [0.29, 0.717) is 22.1 Å². The van der Waals surface area contributed by atoms with Gasteiger partial charge in [-0.3, -0.25) is 9.59 Å². The molecule has 7 nitrogen and oxygen atoms in total. The van der Waals surface area contributed by atoms with E-state index in [9.17, 15) is 9.59 Å². The Morgan fingerprint density at radius 3 is 2.67 bits per heavy atom. The summed E-state index contributed by atoms with van der Waals surface area (Å²) in [5, 5.41) is 6.06. The molecule has 0 aliphatic heterocycles. The molecule has 1 heterocycles. The van der Waals surface area contributed by atoms with Gasteiger partial charge in [-0.1, -0.05) is 24.4 Å². The van der Waals surface area contributed by atoms with Crippen LogP contribution in [0.4, 0.5) is 11.5 Å². The number of hydrogen-bond donors (Lipinski definition) is 3. The van der Waals surface area contributed by atoms with Crippen LogP contribution < -0.4 is 16.4 Å². The fourth-order valence-corrected chi connectivity index (χ4v) is 2.42. The Morgan fingerprint density at radius 1 is 1.33 bits per heavy atom. The lowest BCUT2D eigenvalue weighted by Crippen LogP contribution is -2.19. The van der Waals surface area contributed by atoms with E-state index in [1.807, 2.05) is 6.26 Å². The second-order valence-electron chi connectivity index (χ2n) is 4.67. The lowest BCUT2D eigenvalue weighted by molar-refractivity contribution is 0.0961. The van der Waals surface area contributed by atoms with Crippen LogP contribution in [0.2, 0.25) is 0 Å². The SMILES string of the molecule is C=Cc1nc(SC)nc(Nc2cccc(C(=O)NC)c2)c1C(N)=O. The van der Waals surface area contributed by atoms with Gasteiger partial charge in [0.15, 0.2) is 5.16 Å². The summed E-state index contributed by atoms with van der Waals surface area (Å²) >= 11 is 1.33. The van der Waals surface area contributed by atoms with Crippen LogP contribution in [-0.2, 0) is 0 Å². The molecule has 0 spiro atoms. The Bertz CT molecular complexity index is 807. The number of nitrogens with one attached hydrogen (secondary N) is 2. The zero-order valence-corrected chi connectivity index (χ0v) is 14.1. The second kappa shape index (κ2) is 7.60. The van der Waals surface area contributed by atoms with E-state index in [1.54, 1.807) is 31.3 Å². The van der Waals surface area contributed by atoms with Gasteiger partial charge in [-0.25, -0.2) is 9.97 Å². The van der Waals surface area contributed by atoms with E-state index < -0.39 is 5.91 Å². The molecule has 0 saturated heterocycles.